The van der Waals surface area contributed by atoms with Crippen molar-refractivity contribution in [3.8, 4) is 0 Å². The lowest BCUT2D eigenvalue weighted by Gasteiger charge is -2.18. The highest BCUT2D eigenvalue weighted by atomic mass is 16.6. The van der Waals surface area contributed by atoms with E-state index in [0.717, 1.165) is 83.5 Å². The molecule has 0 aromatic rings. The van der Waals surface area contributed by atoms with Crippen LogP contribution >= 0.6 is 0 Å². The smallest absolute Gasteiger partial charge is 0.306 e. The van der Waals surface area contributed by atoms with Crippen molar-refractivity contribution in [1.82, 2.24) is 0 Å². The number of carbonyl (C=O) groups excluding carboxylic acids is 3. The third kappa shape index (κ3) is 65.7. The minimum Gasteiger partial charge on any atom is -0.462 e. The maximum Gasteiger partial charge on any atom is 0.306 e. The first-order valence-electron chi connectivity index (χ1n) is 34.9. The fraction of sp³-hybridized carbons (Fsp3) is 0.797. The molecule has 0 aromatic carbocycles. The first-order valence-corrected chi connectivity index (χ1v) is 34.9. The highest BCUT2D eigenvalue weighted by Gasteiger charge is 2.19. The van der Waals surface area contributed by atoms with Crippen LogP contribution in [-0.4, -0.2) is 37.2 Å². The average Bonchev–Trinajstić information content (AvgIpc) is 3.46. The Morgan fingerprint density at radius 2 is 0.450 bits per heavy atom. The van der Waals surface area contributed by atoms with Crippen molar-refractivity contribution in [2.75, 3.05) is 13.2 Å². The van der Waals surface area contributed by atoms with Gasteiger partial charge in [-0.25, -0.2) is 0 Å². The molecule has 0 amide bonds. The summed E-state index contributed by atoms with van der Waals surface area (Å²) < 4.78 is 17.0. The Bertz CT molecular complexity index is 1470. The van der Waals surface area contributed by atoms with Gasteiger partial charge in [0.2, 0.25) is 0 Å². The van der Waals surface area contributed by atoms with Gasteiger partial charge in [0.15, 0.2) is 6.10 Å². The second kappa shape index (κ2) is 68.3. The molecule has 6 heteroatoms. The van der Waals surface area contributed by atoms with Crippen molar-refractivity contribution >= 4 is 17.9 Å². The summed E-state index contributed by atoms with van der Waals surface area (Å²) in [7, 11) is 0. The summed E-state index contributed by atoms with van der Waals surface area (Å²) in [4.78, 5) is 38.4. The summed E-state index contributed by atoms with van der Waals surface area (Å²) in [5.41, 5.74) is 0. The number of hydrogen-bond donors (Lipinski definition) is 0. The Morgan fingerprint density at radius 1 is 0.250 bits per heavy atom. The Labute approximate surface area is 497 Å². The zero-order valence-electron chi connectivity index (χ0n) is 53.3. The molecule has 0 heterocycles. The van der Waals surface area contributed by atoms with E-state index < -0.39 is 6.10 Å². The average molecular weight is 1120 g/mol. The number of unbranched alkanes of at least 4 members (excludes halogenated alkanes) is 41. The van der Waals surface area contributed by atoms with Crippen LogP contribution in [0.1, 0.15) is 361 Å². The Hall–Kier alpha value is -3.15. The van der Waals surface area contributed by atoms with Crippen LogP contribution in [0.15, 0.2) is 72.9 Å². The van der Waals surface area contributed by atoms with Crippen molar-refractivity contribution in [1.29, 1.82) is 0 Å². The number of allylic oxidation sites excluding steroid dienone is 12. The van der Waals surface area contributed by atoms with Gasteiger partial charge in [0, 0.05) is 19.3 Å². The molecule has 0 aromatic heterocycles. The molecule has 0 saturated heterocycles. The topological polar surface area (TPSA) is 78.9 Å². The molecule has 0 aliphatic rings. The normalized spacial score (nSPS) is 12.5. The van der Waals surface area contributed by atoms with Gasteiger partial charge in [0.1, 0.15) is 13.2 Å². The molecule has 0 saturated carbocycles. The lowest BCUT2D eigenvalue weighted by atomic mass is 10.0. The number of ether oxygens (including phenoxy) is 3. The van der Waals surface area contributed by atoms with Crippen LogP contribution in [-0.2, 0) is 28.6 Å². The summed E-state index contributed by atoms with van der Waals surface area (Å²) in [6, 6.07) is 0. The number of rotatable bonds is 64. The van der Waals surface area contributed by atoms with Crippen LogP contribution in [0.25, 0.3) is 0 Å². The fourth-order valence-corrected chi connectivity index (χ4v) is 10.1. The zero-order chi connectivity index (χ0) is 57.8. The van der Waals surface area contributed by atoms with Crippen LogP contribution in [0.3, 0.4) is 0 Å². The highest BCUT2D eigenvalue weighted by Crippen LogP contribution is 2.17. The summed E-state index contributed by atoms with van der Waals surface area (Å²) in [5, 5.41) is 0. The van der Waals surface area contributed by atoms with E-state index in [4.69, 9.17) is 14.2 Å². The van der Waals surface area contributed by atoms with Gasteiger partial charge in [-0.1, -0.05) is 299 Å². The lowest BCUT2D eigenvalue weighted by molar-refractivity contribution is -0.167. The van der Waals surface area contributed by atoms with E-state index in [9.17, 15) is 14.4 Å². The molecule has 6 nitrogen and oxygen atoms in total. The van der Waals surface area contributed by atoms with Crippen LogP contribution in [0.5, 0.6) is 0 Å². The molecule has 0 aliphatic carbocycles. The predicted molar refractivity (Wildman–Crippen MR) is 348 cm³/mol. The van der Waals surface area contributed by atoms with Crippen molar-refractivity contribution in [2.45, 2.75) is 367 Å². The molecule has 0 radical (unpaired) electrons. The fourth-order valence-electron chi connectivity index (χ4n) is 10.1. The maximum atomic E-state index is 12.9. The number of carbonyl (C=O) groups is 3. The molecule has 0 fully saturated rings. The highest BCUT2D eigenvalue weighted by molar-refractivity contribution is 5.71. The number of hydrogen-bond acceptors (Lipinski definition) is 6. The molecule has 0 aliphatic heterocycles. The third-order valence-electron chi connectivity index (χ3n) is 15.4. The van der Waals surface area contributed by atoms with Crippen molar-refractivity contribution in [2.24, 2.45) is 0 Å². The van der Waals surface area contributed by atoms with Crippen molar-refractivity contribution in [3.05, 3.63) is 72.9 Å². The van der Waals surface area contributed by atoms with Gasteiger partial charge in [-0.15, -0.1) is 0 Å². The van der Waals surface area contributed by atoms with E-state index in [0.29, 0.717) is 19.3 Å². The second-order valence-electron chi connectivity index (χ2n) is 23.4. The van der Waals surface area contributed by atoms with Gasteiger partial charge in [0.25, 0.3) is 0 Å². The molecule has 1 unspecified atom stereocenters. The molecule has 464 valence electrons. The first-order chi connectivity index (χ1) is 39.5. The van der Waals surface area contributed by atoms with E-state index in [1.807, 2.05) is 0 Å². The van der Waals surface area contributed by atoms with Crippen molar-refractivity contribution in [3.63, 3.8) is 0 Å². The molecule has 0 N–H and O–H groups in total. The molecule has 0 spiro atoms. The Morgan fingerprint density at radius 3 is 0.713 bits per heavy atom. The quantitative estimate of drug-likeness (QED) is 0.0261. The van der Waals surface area contributed by atoms with Crippen LogP contribution < -0.4 is 0 Å². The van der Waals surface area contributed by atoms with Gasteiger partial charge >= 0.3 is 17.9 Å². The van der Waals surface area contributed by atoms with Gasteiger partial charge in [-0.05, 0) is 116 Å². The lowest BCUT2D eigenvalue weighted by Crippen LogP contribution is -2.30. The van der Waals surface area contributed by atoms with E-state index >= 15 is 0 Å². The summed E-state index contributed by atoms with van der Waals surface area (Å²) in [5.74, 6) is -0.875. The molecular formula is C74H132O6. The Kier molecular flexibility index (Phi) is 65.7. The van der Waals surface area contributed by atoms with Crippen LogP contribution in [0, 0.1) is 0 Å². The molecule has 0 rings (SSSR count). The van der Waals surface area contributed by atoms with Crippen molar-refractivity contribution < 1.29 is 28.6 Å². The van der Waals surface area contributed by atoms with E-state index in [-0.39, 0.29) is 31.1 Å². The molecule has 0 bridgehead atoms. The molecule has 1 atom stereocenters. The predicted octanol–water partition coefficient (Wildman–Crippen LogP) is 24.1. The summed E-state index contributed by atoms with van der Waals surface area (Å²) in [6.07, 6.45) is 89.2. The Balaban J connectivity index is 4.30. The second-order valence-corrected chi connectivity index (χ2v) is 23.4. The van der Waals surface area contributed by atoms with Gasteiger partial charge in [-0.3, -0.25) is 14.4 Å². The molecule has 80 heavy (non-hydrogen) atoms. The minimum atomic E-state index is -0.783. The zero-order valence-corrected chi connectivity index (χ0v) is 53.3. The molecular weight excluding hydrogens is 985 g/mol. The first kappa shape index (κ1) is 76.9. The van der Waals surface area contributed by atoms with Crippen LogP contribution in [0.4, 0.5) is 0 Å². The summed E-state index contributed by atoms with van der Waals surface area (Å²) in [6.45, 7) is 6.64. The maximum absolute atomic E-state index is 12.9. The monoisotopic (exact) mass is 1120 g/mol. The standard InChI is InChI=1S/C74H132O6/c1-4-7-10-13-16-19-22-25-28-30-32-34-35-36-37-38-39-41-42-44-46-49-52-55-58-61-64-67-73(76)79-70-71(69-78-72(75)66-63-60-57-54-51-48-27-24-21-18-15-12-9-6-3)80-74(77)68-65-62-59-56-53-50-47-45-43-40-33-31-29-26-23-20-17-14-11-8-5-2/h22-27,30-33,35-36,71H,4-21,28-29,34,37-70H2,1-3H3/b25-22-,26-23-,27-24-,32-30-,33-31-,36-35-. The van der Waals surface area contributed by atoms with Gasteiger partial charge in [0.05, 0.1) is 0 Å². The van der Waals surface area contributed by atoms with E-state index in [1.54, 1.807) is 0 Å². The van der Waals surface area contributed by atoms with E-state index in [2.05, 4.69) is 93.7 Å². The van der Waals surface area contributed by atoms with E-state index in [1.165, 1.54) is 238 Å². The van der Waals surface area contributed by atoms with Crippen LogP contribution in [0.2, 0.25) is 0 Å². The summed E-state index contributed by atoms with van der Waals surface area (Å²) >= 11 is 0. The minimum absolute atomic E-state index is 0.0786. The number of esters is 3. The SMILES string of the molecule is CCCCCCC/C=C\C/C=C\C/C=C\CCCCCCCCCCCCCCC(=O)OCC(COC(=O)CCCCCCC/C=C\CCCCCCC)OC(=O)CCCCCCCCCCC/C=C\C/C=C\CCCCCCC. The largest absolute Gasteiger partial charge is 0.462 e. The van der Waals surface area contributed by atoms with Gasteiger partial charge < -0.3 is 14.2 Å². The van der Waals surface area contributed by atoms with Gasteiger partial charge in [-0.2, -0.15) is 0 Å². The third-order valence-corrected chi connectivity index (χ3v) is 15.4.